The number of halogens is 1. The van der Waals surface area contributed by atoms with Crippen LogP contribution in [0.1, 0.15) is 32.0 Å². The van der Waals surface area contributed by atoms with Gasteiger partial charge in [-0.15, -0.1) is 0 Å². The van der Waals surface area contributed by atoms with Gasteiger partial charge in [0.2, 0.25) is 5.95 Å². The Balaban J connectivity index is 2.02. The normalized spacial score (nSPS) is 13.4. The van der Waals surface area contributed by atoms with Crippen LogP contribution in [-0.4, -0.2) is 41.4 Å². The van der Waals surface area contributed by atoms with Gasteiger partial charge in [0, 0.05) is 21.7 Å². The van der Waals surface area contributed by atoms with Crippen LogP contribution in [0, 0.1) is 0 Å². The van der Waals surface area contributed by atoms with Crippen LogP contribution < -0.4 is 21.3 Å². The van der Waals surface area contributed by atoms with Gasteiger partial charge in [0.05, 0.1) is 31.6 Å². The fourth-order valence-electron chi connectivity index (χ4n) is 3.09. The molecule has 0 aliphatic carbocycles. The number of anilines is 1. The van der Waals surface area contributed by atoms with E-state index in [0.29, 0.717) is 35.1 Å². The zero-order chi connectivity index (χ0) is 19.9. The first-order chi connectivity index (χ1) is 12.6. The minimum Gasteiger partial charge on any atom is -0.497 e. The molecule has 7 nitrogen and oxygen atoms in total. The third-order valence-corrected chi connectivity index (χ3v) is 4.62. The lowest BCUT2D eigenvalue weighted by molar-refractivity contribution is 0.189. The third-order valence-electron chi connectivity index (χ3n) is 4.31. The first-order valence-corrected chi connectivity index (χ1v) is 9.03. The monoisotopic (exact) mass is 387 g/mol. The molecular formula is C18H23BClN5O2. The summed E-state index contributed by atoms with van der Waals surface area (Å²) in [6.07, 6.45) is 0. The van der Waals surface area contributed by atoms with Crippen LogP contribution in [0.3, 0.4) is 0 Å². The fourth-order valence-corrected chi connectivity index (χ4v) is 3.40. The number of nitrogen functional groups attached to an aromatic ring is 1. The summed E-state index contributed by atoms with van der Waals surface area (Å²) in [7, 11) is 3.53. The van der Waals surface area contributed by atoms with E-state index in [1.807, 2.05) is 40.8 Å². The van der Waals surface area contributed by atoms with Crippen LogP contribution in [0.25, 0.3) is 11.3 Å². The van der Waals surface area contributed by atoms with Crippen LogP contribution >= 0.6 is 11.6 Å². The molecule has 0 fully saturated rings. The fraction of sp³-hybridized carbons (Fsp3) is 0.389. The second kappa shape index (κ2) is 6.92. The van der Waals surface area contributed by atoms with Gasteiger partial charge in [-0.1, -0.05) is 11.6 Å². The number of amides is 2. The summed E-state index contributed by atoms with van der Waals surface area (Å²) in [5.41, 5.74) is 9.45. The van der Waals surface area contributed by atoms with Gasteiger partial charge < -0.3 is 20.7 Å². The van der Waals surface area contributed by atoms with Gasteiger partial charge in [0.25, 0.3) is 0 Å². The van der Waals surface area contributed by atoms with Crippen molar-refractivity contribution in [1.82, 2.24) is 20.2 Å². The largest absolute Gasteiger partial charge is 0.497 e. The van der Waals surface area contributed by atoms with Crippen molar-refractivity contribution in [3.63, 3.8) is 0 Å². The third kappa shape index (κ3) is 3.95. The first kappa shape index (κ1) is 19.3. The molecule has 3 rings (SSSR count). The lowest BCUT2D eigenvalue weighted by atomic mass is 9.92. The molecule has 1 aromatic heterocycles. The second-order valence-corrected chi connectivity index (χ2v) is 8.10. The molecule has 2 amide bonds. The standard InChI is InChI=1S/C18H23BClN5O2/c1-18(2,3)24-17(26)25-7-10-13(8-25)22-16(21)23-15(10)9-5-14(27-4)11(19)6-12(9)20/h5-6H,7-8,19H2,1-4H3,(H,24,26)(H2,21,22,23). The summed E-state index contributed by atoms with van der Waals surface area (Å²) in [5, 5.41) is 3.52. The van der Waals surface area contributed by atoms with E-state index < -0.39 is 0 Å². The molecule has 0 saturated heterocycles. The van der Waals surface area contributed by atoms with Crippen molar-refractivity contribution >= 4 is 36.9 Å². The molecule has 3 N–H and O–H groups in total. The minimum atomic E-state index is -0.326. The van der Waals surface area contributed by atoms with E-state index in [9.17, 15) is 4.79 Å². The van der Waals surface area contributed by atoms with Gasteiger partial charge in [-0.3, -0.25) is 0 Å². The van der Waals surface area contributed by atoms with E-state index in [4.69, 9.17) is 22.1 Å². The molecule has 142 valence electrons. The average Bonchev–Trinajstić information content (AvgIpc) is 2.97. The van der Waals surface area contributed by atoms with E-state index in [1.54, 1.807) is 12.0 Å². The molecule has 1 aliphatic rings. The van der Waals surface area contributed by atoms with Crippen molar-refractivity contribution < 1.29 is 9.53 Å². The van der Waals surface area contributed by atoms with Gasteiger partial charge in [-0.25, -0.2) is 14.8 Å². The lowest BCUT2D eigenvalue weighted by Gasteiger charge is -2.25. The Morgan fingerprint density at radius 2 is 2.04 bits per heavy atom. The number of nitrogens with zero attached hydrogens (tertiary/aromatic N) is 3. The number of carbonyl (C=O) groups is 1. The predicted octanol–water partition coefficient (Wildman–Crippen LogP) is 1.47. The number of hydrogen-bond donors (Lipinski definition) is 2. The summed E-state index contributed by atoms with van der Waals surface area (Å²) in [6, 6.07) is 3.52. The number of nitrogens with one attached hydrogen (secondary N) is 1. The maximum absolute atomic E-state index is 12.6. The van der Waals surface area contributed by atoms with Crippen molar-refractivity contribution in [2.75, 3.05) is 12.8 Å². The highest BCUT2D eigenvalue weighted by Crippen LogP contribution is 2.36. The summed E-state index contributed by atoms with van der Waals surface area (Å²) in [6.45, 7) is 6.58. The minimum absolute atomic E-state index is 0.150. The molecule has 0 unspecified atom stereocenters. The molecule has 27 heavy (non-hydrogen) atoms. The molecular weight excluding hydrogens is 364 g/mol. The van der Waals surface area contributed by atoms with Crippen molar-refractivity contribution in [3.05, 3.63) is 28.4 Å². The van der Waals surface area contributed by atoms with Crippen molar-refractivity contribution in [1.29, 1.82) is 0 Å². The number of fused-ring (bicyclic) bond motifs is 1. The molecule has 0 saturated carbocycles. The van der Waals surface area contributed by atoms with Gasteiger partial charge in [0.15, 0.2) is 0 Å². The summed E-state index contributed by atoms with van der Waals surface area (Å²) in [5.74, 6) is 0.859. The smallest absolute Gasteiger partial charge is 0.318 e. The Labute approximate surface area is 164 Å². The van der Waals surface area contributed by atoms with Crippen LogP contribution in [0.2, 0.25) is 5.02 Å². The summed E-state index contributed by atoms with van der Waals surface area (Å²) < 4.78 is 5.42. The maximum Gasteiger partial charge on any atom is 0.318 e. The summed E-state index contributed by atoms with van der Waals surface area (Å²) >= 11 is 6.48. The predicted molar refractivity (Wildman–Crippen MR) is 109 cm³/mol. The van der Waals surface area contributed by atoms with E-state index in [2.05, 4.69) is 15.3 Å². The highest BCUT2D eigenvalue weighted by Gasteiger charge is 2.30. The molecule has 1 aromatic carbocycles. The van der Waals surface area contributed by atoms with E-state index >= 15 is 0 Å². The topological polar surface area (TPSA) is 93.4 Å². The molecule has 0 atom stereocenters. The maximum atomic E-state index is 12.6. The highest BCUT2D eigenvalue weighted by atomic mass is 35.5. The number of carbonyl (C=O) groups excluding carboxylic acids is 1. The van der Waals surface area contributed by atoms with Crippen molar-refractivity contribution in [3.8, 4) is 17.0 Å². The Kier molecular flexibility index (Phi) is 4.95. The molecule has 2 aromatic rings. The molecule has 2 heterocycles. The van der Waals surface area contributed by atoms with Gasteiger partial charge >= 0.3 is 6.03 Å². The number of benzene rings is 1. The number of hydrogen-bond acceptors (Lipinski definition) is 5. The van der Waals surface area contributed by atoms with Crippen LogP contribution in [0.4, 0.5) is 10.7 Å². The number of urea groups is 1. The molecule has 1 aliphatic heterocycles. The lowest BCUT2D eigenvalue weighted by Crippen LogP contribution is -2.46. The summed E-state index contributed by atoms with van der Waals surface area (Å²) in [4.78, 5) is 23.0. The second-order valence-electron chi connectivity index (χ2n) is 7.69. The number of rotatable bonds is 2. The number of ether oxygens (including phenoxy) is 1. The molecule has 9 heteroatoms. The SMILES string of the molecule is Bc1cc(Cl)c(-c2nc(N)nc3c2CN(C(=O)NC(C)(C)C)C3)cc1OC. The van der Waals surface area contributed by atoms with Crippen LogP contribution in [0.5, 0.6) is 5.75 Å². The van der Waals surface area contributed by atoms with Gasteiger partial charge in [-0.2, -0.15) is 0 Å². The number of nitrogens with two attached hydrogens (primary N) is 1. The quantitative estimate of drug-likeness (QED) is 0.761. The zero-order valence-electron chi connectivity index (χ0n) is 16.2. The molecule has 0 spiro atoms. The van der Waals surface area contributed by atoms with Gasteiger partial charge in [-0.05, 0) is 38.4 Å². The van der Waals surface area contributed by atoms with Crippen LogP contribution in [-0.2, 0) is 13.1 Å². The van der Waals surface area contributed by atoms with Gasteiger partial charge in [0.1, 0.15) is 13.6 Å². The van der Waals surface area contributed by atoms with Crippen molar-refractivity contribution in [2.45, 2.75) is 39.4 Å². The molecule has 0 radical (unpaired) electrons. The zero-order valence-corrected chi connectivity index (χ0v) is 16.9. The van der Waals surface area contributed by atoms with Crippen LogP contribution in [0.15, 0.2) is 12.1 Å². The Bertz CT molecular complexity index is 914. The first-order valence-electron chi connectivity index (χ1n) is 8.66. The number of methoxy groups -OCH3 is 1. The average molecular weight is 388 g/mol. The van der Waals surface area contributed by atoms with E-state index in [-0.39, 0.29) is 17.5 Å². The highest BCUT2D eigenvalue weighted by molar-refractivity contribution is 6.39. The Morgan fingerprint density at radius 1 is 1.33 bits per heavy atom. The Morgan fingerprint density at radius 3 is 2.67 bits per heavy atom. The van der Waals surface area contributed by atoms with Crippen molar-refractivity contribution in [2.24, 2.45) is 0 Å². The number of aromatic nitrogens is 2. The van der Waals surface area contributed by atoms with E-state index in [1.165, 1.54) is 0 Å². The Hall–Kier alpha value is -2.48. The van der Waals surface area contributed by atoms with E-state index in [0.717, 1.165) is 16.7 Å². The molecule has 0 bridgehead atoms.